The highest BCUT2D eigenvalue weighted by Gasteiger charge is 2.11. The Hall–Kier alpha value is -0.170. The third-order valence-electron chi connectivity index (χ3n) is 2.35. The van der Waals surface area contributed by atoms with E-state index in [1.807, 2.05) is 11.8 Å². The first-order chi connectivity index (χ1) is 5.27. The van der Waals surface area contributed by atoms with Crippen molar-refractivity contribution >= 4 is 11.8 Å². The summed E-state index contributed by atoms with van der Waals surface area (Å²) >= 11 is 1.85. The molecule has 0 bridgehead atoms. The molecule has 0 aliphatic heterocycles. The van der Waals surface area contributed by atoms with Crippen LogP contribution in [0.5, 0.6) is 0 Å². The van der Waals surface area contributed by atoms with Gasteiger partial charge >= 0.3 is 0 Å². The SMILES string of the molecule is CCC1CC=C(SC)C=C1C. The van der Waals surface area contributed by atoms with Crippen molar-refractivity contribution in [3.8, 4) is 0 Å². The first kappa shape index (κ1) is 8.92. The van der Waals surface area contributed by atoms with E-state index in [-0.39, 0.29) is 0 Å². The van der Waals surface area contributed by atoms with Gasteiger partial charge in [-0.1, -0.05) is 18.6 Å². The molecule has 1 heteroatoms. The third kappa shape index (κ3) is 2.13. The van der Waals surface area contributed by atoms with Crippen molar-refractivity contribution < 1.29 is 0 Å². The lowest BCUT2D eigenvalue weighted by Crippen LogP contribution is -2.02. The van der Waals surface area contributed by atoms with E-state index in [4.69, 9.17) is 0 Å². The van der Waals surface area contributed by atoms with E-state index in [2.05, 4.69) is 32.3 Å². The predicted octanol–water partition coefficient (Wildman–Crippen LogP) is 3.61. The summed E-state index contributed by atoms with van der Waals surface area (Å²) in [6, 6.07) is 0. The second-order valence-electron chi connectivity index (χ2n) is 3.04. The molecule has 0 aromatic carbocycles. The third-order valence-corrected chi connectivity index (χ3v) is 3.10. The minimum atomic E-state index is 0.811. The predicted molar refractivity (Wildman–Crippen MR) is 53.8 cm³/mol. The van der Waals surface area contributed by atoms with Crippen molar-refractivity contribution in [1.29, 1.82) is 0 Å². The summed E-state index contributed by atoms with van der Waals surface area (Å²) in [6.45, 7) is 4.51. The van der Waals surface area contributed by atoms with Crippen LogP contribution in [-0.2, 0) is 0 Å². The molecule has 1 aliphatic rings. The molecule has 11 heavy (non-hydrogen) atoms. The molecular formula is C10H16S. The summed E-state index contributed by atoms with van der Waals surface area (Å²) in [7, 11) is 0. The summed E-state index contributed by atoms with van der Waals surface area (Å²) in [6.07, 6.45) is 9.34. The summed E-state index contributed by atoms with van der Waals surface area (Å²) in [5, 5.41) is 0. The van der Waals surface area contributed by atoms with E-state index in [0.29, 0.717) is 0 Å². The number of thioether (sulfide) groups is 1. The van der Waals surface area contributed by atoms with Gasteiger partial charge in [0.2, 0.25) is 0 Å². The molecule has 0 nitrogen and oxygen atoms in total. The molecule has 62 valence electrons. The molecular weight excluding hydrogens is 152 g/mol. The molecule has 0 radical (unpaired) electrons. The minimum absolute atomic E-state index is 0.811. The Balaban J connectivity index is 2.65. The topological polar surface area (TPSA) is 0 Å². The molecule has 1 unspecified atom stereocenters. The normalized spacial score (nSPS) is 24.5. The zero-order valence-corrected chi connectivity index (χ0v) is 8.37. The van der Waals surface area contributed by atoms with Gasteiger partial charge in [0.25, 0.3) is 0 Å². The lowest BCUT2D eigenvalue weighted by atomic mass is 9.90. The van der Waals surface area contributed by atoms with E-state index in [9.17, 15) is 0 Å². The summed E-state index contributed by atoms with van der Waals surface area (Å²) in [5.74, 6) is 0.811. The fraction of sp³-hybridized carbons (Fsp3) is 0.600. The molecule has 0 saturated carbocycles. The molecule has 0 heterocycles. The van der Waals surface area contributed by atoms with E-state index in [0.717, 1.165) is 5.92 Å². The zero-order valence-electron chi connectivity index (χ0n) is 7.55. The van der Waals surface area contributed by atoms with Gasteiger partial charge in [0, 0.05) is 4.91 Å². The fourth-order valence-electron chi connectivity index (χ4n) is 1.48. The second-order valence-corrected chi connectivity index (χ2v) is 3.92. The molecule has 1 atom stereocenters. The van der Waals surface area contributed by atoms with Crippen LogP contribution in [0.1, 0.15) is 26.7 Å². The van der Waals surface area contributed by atoms with Crippen molar-refractivity contribution in [2.45, 2.75) is 26.7 Å². The van der Waals surface area contributed by atoms with Gasteiger partial charge in [0.15, 0.2) is 0 Å². The Bertz CT molecular complexity index is 189. The molecule has 0 aromatic rings. The van der Waals surface area contributed by atoms with Crippen LogP contribution in [0.3, 0.4) is 0 Å². The monoisotopic (exact) mass is 168 g/mol. The maximum atomic E-state index is 2.35. The van der Waals surface area contributed by atoms with Gasteiger partial charge in [-0.2, -0.15) is 0 Å². The molecule has 0 aromatic heterocycles. The Kier molecular flexibility index (Phi) is 3.25. The van der Waals surface area contributed by atoms with E-state index < -0.39 is 0 Å². The van der Waals surface area contributed by atoms with Crippen LogP contribution in [0.2, 0.25) is 0 Å². The van der Waals surface area contributed by atoms with Crippen molar-refractivity contribution in [3.05, 3.63) is 22.6 Å². The smallest absolute Gasteiger partial charge is 0.00289 e. The summed E-state index contributed by atoms with van der Waals surface area (Å²) in [4.78, 5) is 1.44. The van der Waals surface area contributed by atoms with Crippen LogP contribution in [0.25, 0.3) is 0 Å². The van der Waals surface area contributed by atoms with Gasteiger partial charge in [0.05, 0.1) is 0 Å². The Morgan fingerprint density at radius 1 is 1.64 bits per heavy atom. The van der Waals surface area contributed by atoms with E-state index in [1.165, 1.54) is 17.7 Å². The molecule has 0 fully saturated rings. The fourth-order valence-corrected chi connectivity index (χ4v) is 2.04. The first-order valence-corrected chi connectivity index (χ1v) is 5.42. The lowest BCUT2D eigenvalue weighted by Gasteiger charge is -2.18. The maximum absolute atomic E-state index is 2.35. The average molecular weight is 168 g/mol. The van der Waals surface area contributed by atoms with Gasteiger partial charge in [-0.3, -0.25) is 0 Å². The average Bonchev–Trinajstić information content (AvgIpc) is 2.04. The number of hydrogen-bond donors (Lipinski definition) is 0. The largest absolute Gasteiger partial charge is 0.130 e. The van der Waals surface area contributed by atoms with Crippen molar-refractivity contribution in [2.75, 3.05) is 6.26 Å². The first-order valence-electron chi connectivity index (χ1n) is 4.20. The van der Waals surface area contributed by atoms with E-state index >= 15 is 0 Å². The zero-order chi connectivity index (χ0) is 8.27. The van der Waals surface area contributed by atoms with Crippen LogP contribution < -0.4 is 0 Å². The van der Waals surface area contributed by atoms with Crippen LogP contribution in [0.15, 0.2) is 22.6 Å². The molecule has 1 rings (SSSR count). The van der Waals surface area contributed by atoms with E-state index in [1.54, 1.807) is 5.57 Å². The van der Waals surface area contributed by atoms with Crippen LogP contribution in [0, 0.1) is 5.92 Å². The van der Waals surface area contributed by atoms with Gasteiger partial charge in [0.1, 0.15) is 0 Å². The molecule has 0 N–H and O–H groups in total. The molecule has 0 spiro atoms. The second kappa shape index (κ2) is 4.01. The van der Waals surface area contributed by atoms with Gasteiger partial charge in [-0.05, 0) is 38.0 Å². The lowest BCUT2D eigenvalue weighted by molar-refractivity contribution is 0.594. The molecule has 0 amide bonds. The highest BCUT2D eigenvalue weighted by molar-refractivity contribution is 8.02. The number of rotatable bonds is 2. The van der Waals surface area contributed by atoms with Crippen LogP contribution in [0.4, 0.5) is 0 Å². The van der Waals surface area contributed by atoms with Gasteiger partial charge in [-0.15, -0.1) is 11.8 Å². The maximum Gasteiger partial charge on any atom is 0.00289 e. The quantitative estimate of drug-likeness (QED) is 0.607. The number of allylic oxidation sites excluding steroid dienone is 3. The van der Waals surface area contributed by atoms with Crippen LogP contribution in [-0.4, -0.2) is 6.26 Å². The van der Waals surface area contributed by atoms with Gasteiger partial charge < -0.3 is 0 Å². The van der Waals surface area contributed by atoms with Gasteiger partial charge in [-0.25, -0.2) is 0 Å². The highest BCUT2D eigenvalue weighted by Crippen LogP contribution is 2.29. The van der Waals surface area contributed by atoms with Crippen molar-refractivity contribution in [1.82, 2.24) is 0 Å². The minimum Gasteiger partial charge on any atom is -0.130 e. The molecule has 0 saturated heterocycles. The number of hydrogen-bond acceptors (Lipinski definition) is 1. The van der Waals surface area contributed by atoms with Crippen molar-refractivity contribution in [2.24, 2.45) is 5.92 Å². The Labute approximate surface area is 73.8 Å². The van der Waals surface area contributed by atoms with Crippen molar-refractivity contribution in [3.63, 3.8) is 0 Å². The Morgan fingerprint density at radius 3 is 2.82 bits per heavy atom. The van der Waals surface area contributed by atoms with Crippen LogP contribution >= 0.6 is 11.8 Å². The molecule has 1 aliphatic carbocycles. The highest BCUT2D eigenvalue weighted by atomic mass is 32.2. The Morgan fingerprint density at radius 2 is 2.36 bits per heavy atom. The standard InChI is InChI=1S/C10H16S/c1-4-9-5-6-10(11-3)7-8(9)2/h6-7,9H,4-5H2,1-3H3. The summed E-state index contributed by atoms with van der Waals surface area (Å²) < 4.78 is 0. The summed E-state index contributed by atoms with van der Waals surface area (Å²) in [5.41, 5.74) is 1.55.